The second-order valence-electron chi connectivity index (χ2n) is 3.63. The molecule has 0 amide bonds. The van der Waals surface area contributed by atoms with Crippen molar-refractivity contribution in [3.8, 4) is 0 Å². The molecule has 1 saturated heterocycles. The Hall–Kier alpha value is -0.620. The molecule has 1 fully saturated rings. The minimum absolute atomic E-state index is 0.591. The van der Waals surface area contributed by atoms with E-state index in [1.54, 1.807) is 0 Å². The van der Waals surface area contributed by atoms with Crippen molar-refractivity contribution in [3.05, 3.63) is 30.3 Å². The van der Waals surface area contributed by atoms with Gasteiger partial charge in [-0.15, -0.1) is 12.6 Å². The van der Waals surface area contributed by atoms with Crippen LogP contribution < -0.4 is 10.3 Å². The molecule has 0 radical (unpaired) electrons. The Kier molecular flexibility index (Phi) is 4.17. The van der Waals surface area contributed by atoms with Gasteiger partial charge in [-0.25, -0.2) is 5.01 Å². The Morgan fingerprint density at radius 3 is 2.44 bits per heavy atom. The first-order valence-electron chi connectivity index (χ1n) is 5.33. The van der Waals surface area contributed by atoms with Crippen molar-refractivity contribution < 1.29 is 0 Å². The summed E-state index contributed by atoms with van der Waals surface area (Å²) in [5.74, 6) is 0. The van der Waals surface area contributed by atoms with Crippen LogP contribution in [0.15, 0.2) is 30.3 Å². The fourth-order valence-electron chi connectivity index (χ4n) is 1.82. The molecule has 0 aromatic heterocycles. The van der Waals surface area contributed by atoms with Gasteiger partial charge in [-0.05, 0) is 12.1 Å². The van der Waals surface area contributed by atoms with Crippen molar-refractivity contribution in [1.29, 1.82) is 0 Å². The first-order valence-corrected chi connectivity index (χ1v) is 6.18. The monoisotopic (exact) mass is 253 g/mol. The van der Waals surface area contributed by atoms with Crippen LogP contribution in [-0.2, 0) is 0 Å². The molecule has 0 spiro atoms. The van der Waals surface area contributed by atoms with E-state index in [9.17, 15) is 0 Å². The van der Waals surface area contributed by atoms with Gasteiger partial charge in [-0.1, -0.05) is 30.4 Å². The number of hydrogen-bond acceptors (Lipinski definition) is 3. The Morgan fingerprint density at radius 1 is 1.25 bits per heavy atom. The SMILES string of the molecule is S=C(S)N(c1ccccc1)N1CCNCC1. The zero-order valence-electron chi connectivity index (χ0n) is 8.97. The highest BCUT2D eigenvalue weighted by atomic mass is 32.1. The van der Waals surface area contributed by atoms with Gasteiger partial charge in [0.05, 0.1) is 5.69 Å². The summed E-state index contributed by atoms with van der Waals surface area (Å²) in [6.45, 7) is 3.88. The fraction of sp³-hybridized carbons (Fsp3) is 0.364. The summed E-state index contributed by atoms with van der Waals surface area (Å²) in [5.41, 5.74) is 1.07. The van der Waals surface area contributed by atoms with Crippen LogP contribution in [0.4, 0.5) is 5.69 Å². The van der Waals surface area contributed by atoms with Crippen LogP contribution in [0, 0.1) is 0 Å². The highest BCUT2D eigenvalue weighted by Crippen LogP contribution is 2.18. The van der Waals surface area contributed by atoms with Crippen LogP contribution in [0.3, 0.4) is 0 Å². The lowest BCUT2D eigenvalue weighted by atomic mass is 10.3. The zero-order chi connectivity index (χ0) is 11.4. The summed E-state index contributed by atoms with van der Waals surface area (Å²) in [7, 11) is 0. The Morgan fingerprint density at radius 2 is 1.88 bits per heavy atom. The highest BCUT2D eigenvalue weighted by Gasteiger charge is 2.20. The summed E-state index contributed by atoms with van der Waals surface area (Å²) in [6.07, 6.45) is 0. The van der Waals surface area contributed by atoms with Gasteiger partial charge in [0.1, 0.15) is 0 Å². The van der Waals surface area contributed by atoms with Crippen LogP contribution in [0.5, 0.6) is 0 Å². The minimum Gasteiger partial charge on any atom is -0.314 e. The standard InChI is InChI=1S/C11H15N3S2/c15-11(16)14(10-4-2-1-3-5-10)13-8-6-12-7-9-13/h1-5,12H,6-9H2,(H,15,16). The molecule has 1 aliphatic rings. The number of anilines is 1. The lowest BCUT2D eigenvalue weighted by Crippen LogP contribution is -2.53. The van der Waals surface area contributed by atoms with E-state index < -0.39 is 0 Å². The molecule has 0 bridgehead atoms. The largest absolute Gasteiger partial charge is 0.314 e. The molecule has 16 heavy (non-hydrogen) atoms. The van der Waals surface area contributed by atoms with Crippen molar-refractivity contribution in [2.45, 2.75) is 0 Å². The van der Waals surface area contributed by atoms with Crippen molar-refractivity contribution in [3.63, 3.8) is 0 Å². The van der Waals surface area contributed by atoms with Crippen molar-refractivity contribution >= 4 is 34.9 Å². The molecule has 0 atom stereocenters. The number of piperazine rings is 1. The number of thiol groups is 1. The predicted molar refractivity (Wildman–Crippen MR) is 74.9 cm³/mol. The third kappa shape index (κ3) is 2.74. The topological polar surface area (TPSA) is 18.5 Å². The normalized spacial score (nSPS) is 17.1. The van der Waals surface area contributed by atoms with Gasteiger partial charge in [-0.2, -0.15) is 0 Å². The Labute approximate surface area is 107 Å². The molecule has 2 rings (SSSR count). The van der Waals surface area contributed by atoms with E-state index in [0.717, 1.165) is 31.9 Å². The number of nitrogens with zero attached hydrogens (tertiary/aromatic N) is 2. The number of para-hydroxylation sites is 1. The van der Waals surface area contributed by atoms with E-state index in [0.29, 0.717) is 4.32 Å². The molecule has 0 saturated carbocycles. The lowest BCUT2D eigenvalue weighted by Gasteiger charge is -2.37. The Bertz CT molecular complexity index is 350. The molecule has 86 valence electrons. The maximum Gasteiger partial charge on any atom is 0.152 e. The number of hydrazine groups is 1. The van der Waals surface area contributed by atoms with Crippen molar-refractivity contribution in [1.82, 2.24) is 10.3 Å². The third-order valence-electron chi connectivity index (χ3n) is 2.56. The van der Waals surface area contributed by atoms with Gasteiger partial charge in [0.25, 0.3) is 0 Å². The van der Waals surface area contributed by atoms with Crippen LogP contribution in [-0.4, -0.2) is 35.5 Å². The first kappa shape index (κ1) is 11.9. The van der Waals surface area contributed by atoms with Crippen molar-refractivity contribution in [2.75, 3.05) is 31.2 Å². The maximum atomic E-state index is 5.21. The quantitative estimate of drug-likeness (QED) is 0.615. The molecule has 3 nitrogen and oxygen atoms in total. The summed E-state index contributed by atoms with van der Waals surface area (Å²) in [5, 5.41) is 7.55. The fourth-order valence-corrected chi connectivity index (χ4v) is 2.28. The molecule has 1 aromatic carbocycles. The van der Waals surface area contributed by atoms with Crippen LogP contribution in [0.1, 0.15) is 0 Å². The lowest BCUT2D eigenvalue weighted by molar-refractivity contribution is 0.252. The van der Waals surface area contributed by atoms with Gasteiger partial charge < -0.3 is 5.32 Å². The van der Waals surface area contributed by atoms with E-state index in [2.05, 4.69) is 23.0 Å². The minimum atomic E-state index is 0.591. The van der Waals surface area contributed by atoms with Gasteiger partial charge in [0, 0.05) is 26.2 Å². The molecular weight excluding hydrogens is 238 g/mol. The number of rotatable bonds is 2. The molecule has 1 aromatic rings. The average molecular weight is 253 g/mol. The van der Waals surface area contributed by atoms with E-state index in [1.807, 2.05) is 35.3 Å². The molecule has 1 heterocycles. The van der Waals surface area contributed by atoms with Gasteiger partial charge >= 0.3 is 0 Å². The van der Waals surface area contributed by atoms with Crippen LogP contribution >= 0.6 is 24.8 Å². The van der Waals surface area contributed by atoms with Gasteiger partial charge in [0.2, 0.25) is 0 Å². The van der Waals surface area contributed by atoms with Crippen LogP contribution in [0.2, 0.25) is 0 Å². The molecule has 1 aliphatic heterocycles. The summed E-state index contributed by atoms with van der Waals surface area (Å²) >= 11 is 9.52. The number of nitrogens with one attached hydrogen (secondary N) is 1. The Balaban J connectivity index is 2.20. The summed E-state index contributed by atoms with van der Waals surface area (Å²) in [6, 6.07) is 10.1. The number of benzene rings is 1. The van der Waals surface area contributed by atoms with E-state index >= 15 is 0 Å². The molecule has 1 N–H and O–H groups in total. The molecule has 5 heteroatoms. The summed E-state index contributed by atoms with van der Waals surface area (Å²) < 4.78 is 0.591. The van der Waals surface area contributed by atoms with Gasteiger partial charge in [0.15, 0.2) is 4.32 Å². The average Bonchev–Trinajstić information content (AvgIpc) is 2.31. The predicted octanol–water partition coefficient (Wildman–Crippen LogP) is 1.53. The highest BCUT2D eigenvalue weighted by molar-refractivity contribution is 8.11. The van der Waals surface area contributed by atoms with E-state index in [-0.39, 0.29) is 0 Å². The molecular formula is C11H15N3S2. The number of hydrogen-bond donors (Lipinski definition) is 2. The summed E-state index contributed by atoms with van der Waals surface area (Å²) in [4.78, 5) is 0. The third-order valence-corrected chi connectivity index (χ3v) is 2.92. The second kappa shape index (κ2) is 5.63. The van der Waals surface area contributed by atoms with E-state index in [1.165, 1.54) is 0 Å². The smallest absolute Gasteiger partial charge is 0.152 e. The number of thiocarbonyl (C=S) groups is 1. The maximum absolute atomic E-state index is 5.21. The van der Waals surface area contributed by atoms with Gasteiger partial charge in [-0.3, -0.25) is 5.01 Å². The molecule has 0 aliphatic carbocycles. The van der Waals surface area contributed by atoms with E-state index in [4.69, 9.17) is 12.2 Å². The van der Waals surface area contributed by atoms with Crippen LogP contribution in [0.25, 0.3) is 0 Å². The zero-order valence-corrected chi connectivity index (χ0v) is 10.7. The van der Waals surface area contributed by atoms with Crippen molar-refractivity contribution in [2.24, 2.45) is 0 Å². The molecule has 0 unspecified atom stereocenters. The second-order valence-corrected chi connectivity index (χ2v) is 4.75. The first-order chi connectivity index (χ1) is 7.79.